The van der Waals surface area contributed by atoms with Gasteiger partial charge < -0.3 is 10.1 Å². The lowest BCUT2D eigenvalue weighted by atomic mass is 9.54. The molecule has 4 rings (SSSR count). The normalized spacial score (nSPS) is 26.2. The van der Waals surface area contributed by atoms with Crippen LogP contribution in [0.3, 0.4) is 0 Å². The Hall–Kier alpha value is -2.59. The Morgan fingerprint density at radius 2 is 1.55 bits per heavy atom. The highest BCUT2D eigenvalue weighted by molar-refractivity contribution is 5.90. The minimum Gasteiger partial charge on any atom is -0.373 e. The molecule has 2 aliphatic rings. The van der Waals surface area contributed by atoms with E-state index < -0.39 is 40.5 Å². The summed E-state index contributed by atoms with van der Waals surface area (Å²) < 4.78 is 85.1. The molecule has 2 N–H and O–H groups in total. The maximum atomic E-state index is 13.2. The Balaban J connectivity index is 1.59. The Kier molecular flexibility index (Phi) is 5.73. The number of halogens is 6. The molecule has 1 amide bonds. The van der Waals surface area contributed by atoms with Crippen molar-refractivity contribution < 1.29 is 35.9 Å². The van der Waals surface area contributed by atoms with E-state index in [1.54, 1.807) is 0 Å². The zero-order valence-electron chi connectivity index (χ0n) is 17.6. The molecule has 1 spiro atoms. The van der Waals surface area contributed by atoms with E-state index in [1.165, 1.54) is 6.92 Å². The predicted octanol–water partition coefficient (Wildman–Crippen LogP) is 4.95. The van der Waals surface area contributed by atoms with Crippen LogP contribution in [0.4, 0.5) is 26.3 Å². The number of hydrogen-bond donors (Lipinski definition) is 2. The van der Waals surface area contributed by atoms with Gasteiger partial charge in [-0.05, 0) is 49.1 Å². The first-order chi connectivity index (χ1) is 15.3. The largest absolute Gasteiger partial charge is 0.416 e. The molecule has 0 radical (unpaired) electrons. The number of alkyl halides is 6. The Bertz CT molecular complexity index is 997. The average molecular weight is 472 g/mol. The van der Waals surface area contributed by atoms with Crippen molar-refractivity contribution in [2.45, 2.75) is 49.2 Å². The third-order valence-corrected chi connectivity index (χ3v) is 6.47. The highest BCUT2D eigenvalue weighted by Gasteiger charge is 2.61. The van der Waals surface area contributed by atoms with Gasteiger partial charge in [0, 0.05) is 5.41 Å². The zero-order chi connectivity index (χ0) is 24.1. The number of carbonyl (C=O) groups excluding carboxylic acids is 1. The molecule has 1 saturated carbocycles. The summed E-state index contributed by atoms with van der Waals surface area (Å²) in [5.74, 6) is -0.130. The molecule has 4 nitrogen and oxygen atoms in total. The summed E-state index contributed by atoms with van der Waals surface area (Å²) in [6.45, 7) is 1.79. The maximum absolute atomic E-state index is 13.2. The van der Waals surface area contributed by atoms with Crippen molar-refractivity contribution in [2.24, 2.45) is 0 Å². The van der Waals surface area contributed by atoms with Gasteiger partial charge in [-0.25, -0.2) is 0 Å². The third-order valence-electron chi connectivity index (χ3n) is 6.47. The molecule has 0 aromatic heterocycles. The van der Waals surface area contributed by atoms with Crippen molar-refractivity contribution in [1.29, 1.82) is 0 Å². The molecule has 1 unspecified atom stereocenters. The highest BCUT2D eigenvalue weighted by atomic mass is 19.4. The van der Waals surface area contributed by atoms with Crippen LogP contribution in [0.2, 0.25) is 0 Å². The number of hydrogen-bond acceptors (Lipinski definition) is 3. The van der Waals surface area contributed by atoms with Crippen LogP contribution in [0, 0.1) is 0 Å². The van der Waals surface area contributed by atoms with Crippen LogP contribution in [-0.2, 0) is 27.3 Å². The van der Waals surface area contributed by atoms with Gasteiger partial charge in [0.05, 0.1) is 30.5 Å². The van der Waals surface area contributed by atoms with E-state index in [9.17, 15) is 31.1 Å². The summed E-state index contributed by atoms with van der Waals surface area (Å²) in [5.41, 5.74) is -3.43. The van der Waals surface area contributed by atoms with Gasteiger partial charge in [-0.1, -0.05) is 30.3 Å². The number of nitrogens with one attached hydrogen (secondary N) is 2. The quantitative estimate of drug-likeness (QED) is 0.606. The molecule has 10 heteroatoms. The second-order valence-electron chi connectivity index (χ2n) is 8.73. The highest BCUT2D eigenvalue weighted by Crippen LogP contribution is 2.52. The van der Waals surface area contributed by atoms with Gasteiger partial charge in [-0.3, -0.25) is 10.1 Å². The lowest BCUT2D eigenvalue weighted by Crippen LogP contribution is -2.65. The first-order valence-electron chi connectivity index (χ1n) is 10.3. The summed E-state index contributed by atoms with van der Waals surface area (Å²) in [4.78, 5) is 12.3. The topological polar surface area (TPSA) is 50.4 Å². The number of carbonyl (C=O) groups is 1. The Labute approximate surface area is 186 Å². The number of benzene rings is 2. The molecule has 178 valence electrons. The van der Waals surface area contributed by atoms with E-state index in [-0.39, 0.29) is 24.1 Å². The van der Waals surface area contributed by atoms with Gasteiger partial charge in [0.25, 0.3) is 0 Å². The van der Waals surface area contributed by atoms with E-state index in [2.05, 4.69) is 10.6 Å². The molecule has 1 heterocycles. The first kappa shape index (κ1) is 23.6. The van der Waals surface area contributed by atoms with Crippen LogP contribution in [-0.4, -0.2) is 24.7 Å². The monoisotopic (exact) mass is 472 g/mol. The molecule has 2 aromatic carbocycles. The van der Waals surface area contributed by atoms with Gasteiger partial charge in [0.1, 0.15) is 5.54 Å². The lowest BCUT2D eigenvalue weighted by Gasteiger charge is -2.53. The summed E-state index contributed by atoms with van der Waals surface area (Å²) >= 11 is 0. The van der Waals surface area contributed by atoms with Crippen molar-refractivity contribution in [3.05, 3.63) is 70.8 Å². The second kappa shape index (κ2) is 8.02. The van der Waals surface area contributed by atoms with E-state index in [1.807, 2.05) is 30.3 Å². The molecule has 1 aliphatic carbocycles. The number of rotatable bonds is 5. The zero-order valence-corrected chi connectivity index (χ0v) is 17.6. The number of amides is 1. The van der Waals surface area contributed by atoms with Crippen molar-refractivity contribution in [3.8, 4) is 0 Å². The summed E-state index contributed by atoms with van der Waals surface area (Å²) in [5, 5.41) is 5.87. The molecule has 1 saturated heterocycles. The minimum atomic E-state index is -4.93. The van der Waals surface area contributed by atoms with Crippen LogP contribution < -0.4 is 10.6 Å². The maximum Gasteiger partial charge on any atom is 0.416 e. The van der Waals surface area contributed by atoms with Crippen LogP contribution in [0.25, 0.3) is 0 Å². The van der Waals surface area contributed by atoms with Gasteiger partial charge in [-0.2, -0.15) is 26.3 Å². The fourth-order valence-corrected chi connectivity index (χ4v) is 4.71. The Morgan fingerprint density at radius 1 is 0.970 bits per heavy atom. The molecule has 0 bridgehead atoms. The molecule has 1 aliphatic heterocycles. The fourth-order valence-electron chi connectivity index (χ4n) is 4.71. The number of ether oxygens (including phenoxy) is 1. The van der Waals surface area contributed by atoms with Crippen LogP contribution in [0.15, 0.2) is 48.5 Å². The van der Waals surface area contributed by atoms with Crippen LogP contribution >= 0.6 is 0 Å². The lowest BCUT2D eigenvalue weighted by molar-refractivity contribution is -0.143. The van der Waals surface area contributed by atoms with E-state index >= 15 is 0 Å². The van der Waals surface area contributed by atoms with Gasteiger partial charge >= 0.3 is 12.4 Å². The summed E-state index contributed by atoms with van der Waals surface area (Å²) in [6, 6.07) is 10.7. The molecule has 33 heavy (non-hydrogen) atoms. The summed E-state index contributed by atoms with van der Waals surface area (Å²) in [7, 11) is 0. The molecule has 1 atom stereocenters. The molecular weight excluding hydrogens is 450 g/mol. The Morgan fingerprint density at radius 3 is 2.03 bits per heavy atom. The molecular formula is C23H22F6N2O2. The van der Waals surface area contributed by atoms with E-state index in [0.29, 0.717) is 31.6 Å². The van der Waals surface area contributed by atoms with Crippen LogP contribution in [0.5, 0.6) is 0 Å². The van der Waals surface area contributed by atoms with Crippen LogP contribution in [0.1, 0.15) is 48.1 Å². The SMILES string of the molecule is CC(OCC1(c2ccccc2)CC2(C1)NCNC2=O)c1cc(C(F)(F)F)cc(C(F)(F)F)c1. The van der Waals surface area contributed by atoms with E-state index in [4.69, 9.17) is 4.74 Å². The molecule has 2 aromatic rings. The minimum absolute atomic E-state index is 0.0342. The molecule has 2 fully saturated rings. The predicted molar refractivity (Wildman–Crippen MR) is 107 cm³/mol. The first-order valence-corrected chi connectivity index (χ1v) is 10.3. The smallest absolute Gasteiger partial charge is 0.373 e. The van der Waals surface area contributed by atoms with Gasteiger partial charge in [0.2, 0.25) is 5.91 Å². The van der Waals surface area contributed by atoms with Crippen molar-refractivity contribution in [3.63, 3.8) is 0 Å². The standard InChI is InChI=1S/C23H22F6N2O2/c1-14(15-7-17(22(24,25)26)9-18(8-15)23(27,28)29)33-12-20(16-5-3-2-4-6-16)10-21(11-20)19(32)30-13-31-21/h2-9,14,31H,10-13H2,1H3,(H,30,32). The second-order valence-corrected chi connectivity index (χ2v) is 8.73. The van der Waals surface area contributed by atoms with E-state index in [0.717, 1.165) is 5.56 Å². The third kappa shape index (κ3) is 4.46. The van der Waals surface area contributed by atoms with Crippen molar-refractivity contribution in [2.75, 3.05) is 13.3 Å². The average Bonchev–Trinajstić information content (AvgIpc) is 3.11. The van der Waals surface area contributed by atoms with Gasteiger partial charge in [-0.15, -0.1) is 0 Å². The summed E-state index contributed by atoms with van der Waals surface area (Å²) in [6.07, 6.45) is -10.1. The fraction of sp³-hybridized carbons (Fsp3) is 0.435. The van der Waals surface area contributed by atoms with Gasteiger partial charge in [0.15, 0.2) is 0 Å². The van der Waals surface area contributed by atoms with Crippen molar-refractivity contribution >= 4 is 5.91 Å². The van der Waals surface area contributed by atoms with Crippen molar-refractivity contribution in [1.82, 2.24) is 10.6 Å².